The second kappa shape index (κ2) is 4.45. The van der Waals surface area contributed by atoms with Gasteiger partial charge >= 0.3 is 6.09 Å². The van der Waals surface area contributed by atoms with Crippen LogP contribution in [0.3, 0.4) is 0 Å². The second-order valence-corrected chi connectivity index (χ2v) is 2.99. The van der Waals surface area contributed by atoms with Gasteiger partial charge in [-0.2, -0.15) is 0 Å². The van der Waals surface area contributed by atoms with Gasteiger partial charge in [-0.3, -0.25) is 4.79 Å². The molecule has 0 aromatic heterocycles. The lowest BCUT2D eigenvalue weighted by atomic mass is 10.1. The summed E-state index contributed by atoms with van der Waals surface area (Å²) in [6, 6.07) is 5.64. The highest BCUT2D eigenvalue weighted by molar-refractivity contribution is 6.00. The summed E-state index contributed by atoms with van der Waals surface area (Å²) >= 11 is 0. The van der Waals surface area contributed by atoms with Crippen molar-refractivity contribution in [1.82, 2.24) is 0 Å². The Kier molecular flexibility index (Phi) is 3.28. The molecule has 0 radical (unpaired) electrons. The van der Waals surface area contributed by atoms with Crippen molar-refractivity contribution in [1.29, 1.82) is 0 Å². The molecule has 3 N–H and O–H groups in total. The molecule has 80 valence electrons. The Hall–Kier alpha value is -2.04. The Bertz CT molecular complexity index is 372. The van der Waals surface area contributed by atoms with Crippen LogP contribution in [0.1, 0.15) is 17.3 Å². The van der Waals surface area contributed by atoms with E-state index in [-0.39, 0.29) is 11.5 Å². The van der Waals surface area contributed by atoms with Gasteiger partial charge in [0, 0.05) is 5.56 Å². The zero-order valence-corrected chi connectivity index (χ0v) is 8.14. The van der Waals surface area contributed by atoms with E-state index in [1.165, 1.54) is 31.2 Å². The molecule has 1 amide bonds. The molecule has 5 heteroatoms. The van der Waals surface area contributed by atoms with Crippen molar-refractivity contribution in [2.75, 3.05) is 0 Å². The van der Waals surface area contributed by atoms with Gasteiger partial charge in [-0.15, -0.1) is 0 Å². The highest BCUT2D eigenvalue weighted by Crippen LogP contribution is 2.12. The number of Topliss-reactive ketones (excluding diaryl/α,β-unsaturated/α-hetero) is 1. The third-order valence-corrected chi connectivity index (χ3v) is 1.81. The van der Waals surface area contributed by atoms with Gasteiger partial charge in [-0.05, 0) is 31.2 Å². The van der Waals surface area contributed by atoms with Gasteiger partial charge in [0.25, 0.3) is 0 Å². The first-order valence-corrected chi connectivity index (χ1v) is 4.30. The van der Waals surface area contributed by atoms with Gasteiger partial charge in [0.05, 0.1) is 0 Å². The molecule has 0 aliphatic rings. The zero-order valence-electron chi connectivity index (χ0n) is 8.14. The molecule has 15 heavy (non-hydrogen) atoms. The van der Waals surface area contributed by atoms with Gasteiger partial charge in [0.2, 0.25) is 5.78 Å². The maximum absolute atomic E-state index is 11.6. The number of phenols is 1. The first kappa shape index (κ1) is 11.0. The summed E-state index contributed by atoms with van der Waals surface area (Å²) in [6.45, 7) is 1.43. The Morgan fingerprint density at radius 3 is 2.33 bits per heavy atom. The smallest absolute Gasteiger partial charge is 0.405 e. The van der Waals surface area contributed by atoms with E-state index in [0.29, 0.717) is 5.56 Å². The van der Waals surface area contributed by atoms with Gasteiger partial charge < -0.3 is 15.6 Å². The topological polar surface area (TPSA) is 89.6 Å². The number of ether oxygens (including phenoxy) is 1. The van der Waals surface area contributed by atoms with Crippen molar-refractivity contribution in [3.8, 4) is 5.75 Å². The van der Waals surface area contributed by atoms with E-state index in [4.69, 9.17) is 10.8 Å². The van der Waals surface area contributed by atoms with Crippen molar-refractivity contribution >= 4 is 11.9 Å². The van der Waals surface area contributed by atoms with E-state index < -0.39 is 12.2 Å². The lowest BCUT2D eigenvalue weighted by Gasteiger charge is -2.09. The Labute approximate surface area is 86.5 Å². The van der Waals surface area contributed by atoms with E-state index in [9.17, 15) is 9.59 Å². The Morgan fingerprint density at radius 2 is 1.87 bits per heavy atom. The number of carbonyl (C=O) groups excluding carboxylic acids is 2. The summed E-state index contributed by atoms with van der Waals surface area (Å²) in [5.74, 6) is -0.302. The third kappa shape index (κ3) is 2.98. The van der Waals surface area contributed by atoms with Crippen LogP contribution in [0.4, 0.5) is 4.79 Å². The lowest BCUT2D eigenvalue weighted by molar-refractivity contribution is 0.0695. The normalized spacial score (nSPS) is 11.8. The molecule has 0 heterocycles. The molecule has 0 spiro atoms. The van der Waals surface area contributed by atoms with Gasteiger partial charge in [0.1, 0.15) is 5.75 Å². The lowest BCUT2D eigenvalue weighted by Crippen LogP contribution is -2.27. The fourth-order valence-corrected chi connectivity index (χ4v) is 1.09. The molecule has 1 rings (SSSR count). The van der Waals surface area contributed by atoms with Crippen LogP contribution in [0.25, 0.3) is 0 Å². The van der Waals surface area contributed by atoms with Crippen LogP contribution in [-0.4, -0.2) is 23.1 Å². The number of ketones is 1. The summed E-state index contributed by atoms with van der Waals surface area (Å²) in [6.07, 6.45) is -1.92. The number of carbonyl (C=O) groups is 2. The number of hydrogen-bond donors (Lipinski definition) is 2. The largest absolute Gasteiger partial charge is 0.508 e. The predicted octanol–water partition coefficient (Wildman–Crippen LogP) is 1.06. The molecular weight excluding hydrogens is 198 g/mol. The molecule has 1 atom stereocenters. The van der Waals surface area contributed by atoms with Crippen LogP contribution in [0.5, 0.6) is 5.75 Å². The number of hydrogen-bond acceptors (Lipinski definition) is 4. The van der Waals surface area contributed by atoms with Gasteiger partial charge in [0.15, 0.2) is 6.10 Å². The molecule has 0 bridgehead atoms. The van der Waals surface area contributed by atoms with Crippen molar-refractivity contribution in [3.05, 3.63) is 29.8 Å². The number of nitrogens with two attached hydrogens (primary N) is 1. The third-order valence-electron chi connectivity index (χ3n) is 1.81. The Balaban J connectivity index is 2.76. The van der Waals surface area contributed by atoms with Crippen molar-refractivity contribution < 1.29 is 19.4 Å². The summed E-state index contributed by atoms with van der Waals surface area (Å²) < 4.78 is 4.52. The fourth-order valence-electron chi connectivity index (χ4n) is 1.09. The molecule has 1 unspecified atom stereocenters. The summed E-state index contributed by atoms with van der Waals surface area (Å²) in [7, 11) is 0. The van der Waals surface area contributed by atoms with Crippen molar-refractivity contribution in [3.63, 3.8) is 0 Å². The average molecular weight is 209 g/mol. The van der Waals surface area contributed by atoms with Crippen LogP contribution < -0.4 is 5.73 Å². The van der Waals surface area contributed by atoms with E-state index in [1.54, 1.807) is 0 Å². The molecule has 0 saturated heterocycles. The van der Waals surface area contributed by atoms with Gasteiger partial charge in [-0.25, -0.2) is 4.79 Å². The molecular formula is C10H11NO4. The van der Waals surface area contributed by atoms with Crippen molar-refractivity contribution in [2.24, 2.45) is 5.73 Å². The maximum Gasteiger partial charge on any atom is 0.405 e. The minimum absolute atomic E-state index is 0.0648. The van der Waals surface area contributed by atoms with Crippen LogP contribution in [0.15, 0.2) is 24.3 Å². The number of aromatic hydroxyl groups is 1. The van der Waals surface area contributed by atoms with E-state index >= 15 is 0 Å². The number of primary amides is 1. The maximum atomic E-state index is 11.6. The number of phenolic OH excluding ortho intramolecular Hbond substituents is 1. The number of rotatable bonds is 3. The quantitative estimate of drug-likeness (QED) is 0.728. The van der Waals surface area contributed by atoms with E-state index in [1.807, 2.05) is 0 Å². The van der Waals surface area contributed by atoms with Gasteiger partial charge in [-0.1, -0.05) is 0 Å². The summed E-state index contributed by atoms with van der Waals surface area (Å²) in [5.41, 5.74) is 5.13. The van der Waals surface area contributed by atoms with Crippen molar-refractivity contribution in [2.45, 2.75) is 13.0 Å². The molecule has 1 aromatic carbocycles. The highest BCUT2D eigenvalue weighted by atomic mass is 16.6. The molecule has 0 fully saturated rings. The summed E-state index contributed by atoms with van der Waals surface area (Å²) in [4.78, 5) is 22.0. The molecule has 0 aliphatic heterocycles. The standard InChI is InChI=1S/C10H11NO4/c1-6(15-10(11)14)9(13)7-2-4-8(12)5-3-7/h2-6,12H,1H3,(H2,11,14). The number of benzene rings is 1. The first-order chi connectivity index (χ1) is 7.00. The van der Waals surface area contributed by atoms with E-state index in [2.05, 4.69) is 4.74 Å². The second-order valence-electron chi connectivity index (χ2n) is 2.99. The molecule has 5 nitrogen and oxygen atoms in total. The SMILES string of the molecule is CC(OC(N)=O)C(=O)c1ccc(O)cc1. The fraction of sp³-hybridized carbons (Fsp3) is 0.200. The monoisotopic (exact) mass is 209 g/mol. The zero-order chi connectivity index (χ0) is 11.4. The Morgan fingerprint density at radius 1 is 1.33 bits per heavy atom. The van der Waals surface area contributed by atoms with E-state index in [0.717, 1.165) is 0 Å². The summed E-state index contributed by atoms with van der Waals surface area (Å²) in [5, 5.41) is 9.01. The minimum atomic E-state index is -0.991. The molecule has 0 saturated carbocycles. The number of amides is 1. The predicted molar refractivity (Wildman–Crippen MR) is 52.6 cm³/mol. The average Bonchev–Trinajstić information content (AvgIpc) is 2.17. The van der Waals surface area contributed by atoms with Crippen LogP contribution >= 0.6 is 0 Å². The highest BCUT2D eigenvalue weighted by Gasteiger charge is 2.17. The minimum Gasteiger partial charge on any atom is -0.508 e. The molecule has 0 aliphatic carbocycles. The first-order valence-electron chi connectivity index (χ1n) is 4.30. The van der Waals surface area contributed by atoms with Crippen LogP contribution in [0, 0.1) is 0 Å². The van der Waals surface area contributed by atoms with Crippen LogP contribution in [-0.2, 0) is 4.74 Å². The van der Waals surface area contributed by atoms with Crippen LogP contribution in [0.2, 0.25) is 0 Å². The molecule has 1 aromatic rings.